The number of aliphatic hydroxyl groups is 2. The van der Waals surface area contributed by atoms with E-state index < -0.39 is 11.7 Å². The van der Waals surface area contributed by atoms with Crippen LogP contribution in [0.3, 0.4) is 0 Å². The van der Waals surface area contributed by atoms with E-state index in [1.165, 1.54) is 0 Å². The second-order valence-corrected chi connectivity index (χ2v) is 4.66. The molecule has 80 valence electrons. The molecule has 0 saturated heterocycles. The lowest BCUT2D eigenvalue weighted by Gasteiger charge is -2.34. The normalized spacial score (nSPS) is 21.2. The summed E-state index contributed by atoms with van der Waals surface area (Å²) in [5.41, 5.74) is -0.932. The molecule has 0 aliphatic rings. The molecule has 0 rings (SSSR count). The third-order valence-electron chi connectivity index (χ3n) is 2.94. The fourth-order valence-electron chi connectivity index (χ4n) is 1.58. The molecule has 3 atom stereocenters. The molecule has 2 heteroatoms. The average molecular weight is 188 g/mol. The summed E-state index contributed by atoms with van der Waals surface area (Å²) in [4.78, 5) is 0. The lowest BCUT2D eigenvalue weighted by molar-refractivity contribution is -0.0982. The molecule has 0 aromatic carbocycles. The van der Waals surface area contributed by atoms with Crippen molar-refractivity contribution in [3.8, 4) is 0 Å². The first kappa shape index (κ1) is 12.9. The third kappa shape index (κ3) is 3.65. The average Bonchev–Trinajstić information content (AvgIpc) is 2.01. The lowest BCUT2D eigenvalue weighted by Crippen LogP contribution is -2.44. The Morgan fingerprint density at radius 3 is 2.00 bits per heavy atom. The smallest absolute Gasteiger partial charge is 0.0880 e. The summed E-state index contributed by atoms with van der Waals surface area (Å²) in [6.07, 6.45) is 0.938. The Bertz CT molecular complexity index is 141. The molecule has 0 heterocycles. The van der Waals surface area contributed by atoms with E-state index in [4.69, 9.17) is 0 Å². The Morgan fingerprint density at radius 2 is 1.69 bits per heavy atom. The number of rotatable bonds is 5. The van der Waals surface area contributed by atoms with Crippen molar-refractivity contribution in [2.24, 2.45) is 11.8 Å². The highest BCUT2D eigenvalue weighted by molar-refractivity contribution is 4.85. The summed E-state index contributed by atoms with van der Waals surface area (Å²) >= 11 is 0. The fraction of sp³-hybridized carbons (Fsp3) is 1.00. The summed E-state index contributed by atoms with van der Waals surface area (Å²) in [7, 11) is 0. The van der Waals surface area contributed by atoms with E-state index in [0.29, 0.717) is 12.3 Å². The molecule has 2 N–H and O–H groups in total. The largest absolute Gasteiger partial charge is 0.390 e. The van der Waals surface area contributed by atoms with Crippen LogP contribution in [-0.4, -0.2) is 21.9 Å². The molecule has 0 aromatic heterocycles. The summed E-state index contributed by atoms with van der Waals surface area (Å²) in [5.74, 6) is 0.542. The first-order valence-corrected chi connectivity index (χ1v) is 5.23. The molecule has 0 aromatic rings. The van der Waals surface area contributed by atoms with Gasteiger partial charge in [-0.2, -0.15) is 0 Å². The van der Waals surface area contributed by atoms with Crippen LogP contribution in [0.4, 0.5) is 0 Å². The van der Waals surface area contributed by atoms with Gasteiger partial charge in [-0.15, -0.1) is 0 Å². The van der Waals surface area contributed by atoms with Crippen molar-refractivity contribution in [2.45, 2.75) is 59.2 Å². The monoisotopic (exact) mass is 188 g/mol. The summed E-state index contributed by atoms with van der Waals surface area (Å²) in [5, 5.41) is 19.8. The summed E-state index contributed by atoms with van der Waals surface area (Å²) < 4.78 is 0. The zero-order valence-corrected chi connectivity index (χ0v) is 9.54. The van der Waals surface area contributed by atoms with Crippen LogP contribution in [0.25, 0.3) is 0 Å². The van der Waals surface area contributed by atoms with E-state index in [0.717, 1.165) is 6.42 Å². The van der Waals surface area contributed by atoms with Gasteiger partial charge in [-0.05, 0) is 25.2 Å². The minimum atomic E-state index is -0.932. The zero-order valence-electron chi connectivity index (χ0n) is 9.54. The second-order valence-electron chi connectivity index (χ2n) is 4.66. The van der Waals surface area contributed by atoms with Crippen LogP contribution >= 0.6 is 0 Å². The minimum Gasteiger partial charge on any atom is -0.390 e. The van der Waals surface area contributed by atoms with Crippen molar-refractivity contribution in [1.29, 1.82) is 0 Å². The Kier molecular flexibility index (Phi) is 4.93. The number of hydrogen-bond donors (Lipinski definition) is 2. The second kappa shape index (κ2) is 4.97. The van der Waals surface area contributed by atoms with Crippen LogP contribution in [0.15, 0.2) is 0 Å². The van der Waals surface area contributed by atoms with E-state index in [2.05, 4.69) is 13.8 Å². The van der Waals surface area contributed by atoms with Crippen molar-refractivity contribution >= 4 is 0 Å². The van der Waals surface area contributed by atoms with Gasteiger partial charge in [-0.1, -0.05) is 34.1 Å². The maximum atomic E-state index is 9.95. The van der Waals surface area contributed by atoms with Gasteiger partial charge in [0.05, 0.1) is 11.7 Å². The molecule has 13 heavy (non-hydrogen) atoms. The van der Waals surface area contributed by atoms with Gasteiger partial charge >= 0.3 is 0 Å². The van der Waals surface area contributed by atoms with Crippen LogP contribution in [0, 0.1) is 11.8 Å². The van der Waals surface area contributed by atoms with Crippen LogP contribution in [-0.2, 0) is 0 Å². The third-order valence-corrected chi connectivity index (χ3v) is 2.94. The van der Waals surface area contributed by atoms with Crippen LogP contribution in [0.2, 0.25) is 0 Å². The Balaban J connectivity index is 4.29. The fourth-order valence-corrected chi connectivity index (χ4v) is 1.58. The maximum absolute atomic E-state index is 9.95. The van der Waals surface area contributed by atoms with Crippen LogP contribution in [0.1, 0.15) is 47.5 Å². The van der Waals surface area contributed by atoms with Crippen LogP contribution in [0.5, 0.6) is 0 Å². The molecule has 2 nitrogen and oxygen atoms in total. The highest BCUT2D eigenvalue weighted by Gasteiger charge is 2.34. The molecular formula is C11H24O2. The van der Waals surface area contributed by atoms with Crippen molar-refractivity contribution < 1.29 is 10.2 Å². The van der Waals surface area contributed by atoms with Crippen LogP contribution < -0.4 is 0 Å². The van der Waals surface area contributed by atoms with Gasteiger partial charge in [0.2, 0.25) is 0 Å². The molecule has 0 aliphatic heterocycles. The molecule has 0 radical (unpaired) electrons. The summed E-state index contributed by atoms with van der Waals surface area (Å²) in [6.45, 7) is 9.85. The zero-order chi connectivity index (χ0) is 10.6. The van der Waals surface area contributed by atoms with E-state index in [1.54, 1.807) is 6.92 Å². The molecule has 0 amide bonds. The van der Waals surface area contributed by atoms with E-state index >= 15 is 0 Å². The van der Waals surface area contributed by atoms with Gasteiger partial charge < -0.3 is 10.2 Å². The molecule has 0 aliphatic carbocycles. The quantitative estimate of drug-likeness (QED) is 0.694. The van der Waals surface area contributed by atoms with Gasteiger partial charge in [0.1, 0.15) is 0 Å². The maximum Gasteiger partial charge on any atom is 0.0880 e. The van der Waals surface area contributed by atoms with Crippen molar-refractivity contribution in [1.82, 2.24) is 0 Å². The Morgan fingerprint density at radius 1 is 1.23 bits per heavy atom. The van der Waals surface area contributed by atoms with Crippen molar-refractivity contribution in [3.63, 3.8) is 0 Å². The number of aliphatic hydroxyl groups excluding tert-OH is 1. The lowest BCUT2D eigenvalue weighted by atomic mass is 9.81. The number of hydrogen-bond acceptors (Lipinski definition) is 2. The molecule has 0 spiro atoms. The molecule has 3 unspecified atom stereocenters. The highest BCUT2D eigenvalue weighted by Crippen LogP contribution is 2.26. The van der Waals surface area contributed by atoms with Gasteiger partial charge in [0.15, 0.2) is 0 Å². The van der Waals surface area contributed by atoms with Gasteiger partial charge in [0.25, 0.3) is 0 Å². The standard InChI is InChI=1S/C11H24O2/c1-6-7-11(5,13)10(12)9(4)8(2)3/h8-10,12-13H,6-7H2,1-5H3. The van der Waals surface area contributed by atoms with Gasteiger partial charge in [-0.25, -0.2) is 0 Å². The molecule has 0 bridgehead atoms. The molecular weight excluding hydrogens is 164 g/mol. The topological polar surface area (TPSA) is 40.5 Å². The van der Waals surface area contributed by atoms with Gasteiger partial charge in [0, 0.05) is 0 Å². The van der Waals surface area contributed by atoms with Crippen molar-refractivity contribution in [2.75, 3.05) is 0 Å². The van der Waals surface area contributed by atoms with Gasteiger partial charge in [-0.3, -0.25) is 0 Å². The van der Waals surface area contributed by atoms with E-state index in [1.807, 2.05) is 13.8 Å². The van der Waals surface area contributed by atoms with Crippen molar-refractivity contribution in [3.05, 3.63) is 0 Å². The predicted molar refractivity (Wildman–Crippen MR) is 55.5 cm³/mol. The summed E-state index contributed by atoms with van der Waals surface area (Å²) in [6, 6.07) is 0. The first-order chi connectivity index (χ1) is 5.83. The Labute approximate surface area is 82.0 Å². The highest BCUT2D eigenvalue weighted by atomic mass is 16.3. The minimum absolute atomic E-state index is 0.140. The molecule has 0 fully saturated rings. The Hall–Kier alpha value is -0.0800. The SMILES string of the molecule is CCCC(C)(O)C(O)C(C)C(C)C. The molecule has 0 saturated carbocycles. The van der Waals surface area contributed by atoms with E-state index in [-0.39, 0.29) is 5.92 Å². The first-order valence-electron chi connectivity index (χ1n) is 5.23. The predicted octanol–water partition coefficient (Wildman–Crippen LogP) is 2.19. The van der Waals surface area contributed by atoms with E-state index in [9.17, 15) is 10.2 Å².